The maximum atomic E-state index is 13.3. The molecule has 1 spiro atoms. The Hall–Kier alpha value is -1.13. The van der Waals surface area contributed by atoms with Crippen molar-refractivity contribution < 1.29 is 9.50 Å². The first-order valence-electron chi connectivity index (χ1n) is 7.07. The smallest absolute Gasteiger partial charge is 0.127 e. The Bertz CT molecular complexity index is 437. The van der Waals surface area contributed by atoms with Crippen LogP contribution in [-0.2, 0) is 6.54 Å². The number of nitrogens with one attached hydrogen (secondary N) is 1. The quantitative estimate of drug-likeness (QED) is 0.858. The van der Waals surface area contributed by atoms with Gasteiger partial charge in [0.15, 0.2) is 0 Å². The number of likely N-dealkylation sites (tertiary alicyclic amines) is 1. The number of hydrogen-bond donors (Lipinski definition) is 2. The van der Waals surface area contributed by atoms with Crippen LogP contribution in [0.25, 0.3) is 0 Å². The van der Waals surface area contributed by atoms with E-state index >= 15 is 0 Å². The molecule has 0 radical (unpaired) electrons. The lowest BCUT2D eigenvalue weighted by Gasteiger charge is -2.33. The second-order valence-corrected chi connectivity index (χ2v) is 6.03. The largest absolute Gasteiger partial charge is 0.508 e. The summed E-state index contributed by atoms with van der Waals surface area (Å²) in [5.41, 5.74) is 1.34. The van der Waals surface area contributed by atoms with Crippen LogP contribution < -0.4 is 5.32 Å². The van der Waals surface area contributed by atoms with Crippen LogP contribution >= 0.6 is 0 Å². The molecule has 3 nitrogen and oxygen atoms in total. The average molecular weight is 264 g/mol. The molecule has 4 heteroatoms. The summed E-state index contributed by atoms with van der Waals surface area (Å²) in [5.74, 6) is -0.337. The summed E-state index contributed by atoms with van der Waals surface area (Å²) in [6.45, 7) is 5.16. The molecular formula is C15H21FN2O. The molecule has 104 valence electrons. The number of nitrogens with zero attached hydrogens (tertiary/aromatic N) is 1. The van der Waals surface area contributed by atoms with Crippen LogP contribution in [0.3, 0.4) is 0 Å². The molecule has 0 aliphatic carbocycles. The molecule has 2 N–H and O–H groups in total. The van der Waals surface area contributed by atoms with Gasteiger partial charge >= 0.3 is 0 Å². The Morgan fingerprint density at radius 3 is 2.74 bits per heavy atom. The lowest BCUT2D eigenvalue weighted by molar-refractivity contribution is 0.194. The summed E-state index contributed by atoms with van der Waals surface area (Å²) >= 11 is 0. The highest BCUT2D eigenvalue weighted by Crippen LogP contribution is 2.39. The minimum Gasteiger partial charge on any atom is -0.508 e. The summed E-state index contributed by atoms with van der Waals surface area (Å²) in [4.78, 5) is 2.39. The zero-order valence-corrected chi connectivity index (χ0v) is 11.2. The van der Waals surface area contributed by atoms with E-state index in [4.69, 9.17) is 0 Å². The minimum absolute atomic E-state index is 0.0192. The van der Waals surface area contributed by atoms with Crippen LogP contribution in [-0.4, -0.2) is 36.2 Å². The highest BCUT2D eigenvalue weighted by molar-refractivity contribution is 5.28. The van der Waals surface area contributed by atoms with Gasteiger partial charge in [0.2, 0.25) is 0 Å². The second kappa shape index (κ2) is 5.10. The van der Waals surface area contributed by atoms with Crippen LogP contribution in [0.2, 0.25) is 0 Å². The maximum absolute atomic E-state index is 13.3. The van der Waals surface area contributed by atoms with E-state index in [0.717, 1.165) is 44.4 Å². The molecule has 3 rings (SSSR count). The standard InChI is InChI=1S/C15H21FN2O/c16-13-7-12(8-14(19)9-13)10-18-6-3-15(11-18)1-4-17-5-2-15/h7-9,17,19H,1-6,10-11H2. The van der Waals surface area contributed by atoms with Gasteiger partial charge in [-0.05, 0) is 62.0 Å². The molecule has 0 bridgehead atoms. The van der Waals surface area contributed by atoms with Gasteiger partial charge < -0.3 is 10.4 Å². The Labute approximate surface area is 113 Å². The predicted octanol–water partition coefficient (Wildman–Crippen LogP) is 2.11. The van der Waals surface area contributed by atoms with Gasteiger partial charge in [-0.3, -0.25) is 4.90 Å². The third kappa shape index (κ3) is 2.90. The number of aromatic hydroxyl groups is 1. The fourth-order valence-corrected chi connectivity index (χ4v) is 3.51. The van der Waals surface area contributed by atoms with Crippen molar-refractivity contribution in [2.24, 2.45) is 5.41 Å². The molecule has 2 aliphatic rings. The van der Waals surface area contributed by atoms with E-state index in [2.05, 4.69) is 10.2 Å². The molecule has 1 aromatic rings. The van der Waals surface area contributed by atoms with Gasteiger partial charge in [0.25, 0.3) is 0 Å². The van der Waals surface area contributed by atoms with E-state index in [-0.39, 0.29) is 11.6 Å². The van der Waals surface area contributed by atoms with Crippen molar-refractivity contribution >= 4 is 0 Å². The van der Waals surface area contributed by atoms with Gasteiger partial charge in [-0.1, -0.05) is 0 Å². The Kier molecular flexibility index (Phi) is 3.46. The number of phenols is 1. The average Bonchev–Trinajstić information content (AvgIpc) is 2.71. The monoisotopic (exact) mass is 264 g/mol. The van der Waals surface area contributed by atoms with Crippen molar-refractivity contribution in [1.82, 2.24) is 10.2 Å². The first kappa shape index (κ1) is 12.9. The van der Waals surface area contributed by atoms with E-state index < -0.39 is 0 Å². The summed E-state index contributed by atoms with van der Waals surface area (Å²) in [5, 5.41) is 12.9. The molecular weight excluding hydrogens is 243 g/mol. The van der Waals surface area contributed by atoms with Gasteiger partial charge in [0.05, 0.1) is 0 Å². The molecule has 1 aromatic carbocycles. The highest BCUT2D eigenvalue weighted by Gasteiger charge is 2.38. The SMILES string of the molecule is Oc1cc(F)cc(CN2CCC3(CCNCC3)C2)c1. The normalized spacial score (nSPS) is 23.0. The van der Waals surface area contributed by atoms with Crippen LogP contribution in [0.15, 0.2) is 18.2 Å². The summed E-state index contributed by atoms with van der Waals surface area (Å²) in [7, 11) is 0. The van der Waals surface area contributed by atoms with Gasteiger partial charge in [0.1, 0.15) is 11.6 Å². The van der Waals surface area contributed by atoms with Gasteiger partial charge in [-0.15, -0.1) is 0 Å². The zero-order chi connectivity index (χ0) is 13.3. The van der Waals surface area contributed by atoms with Gasteiger partial charge in [0, 0.05) is 19.2 Å². The minimum atomic E-state index is -0.356. The number of phenolic OH excluding ortho intramolecular Hbond substituents is 1. The second-order valence-electron chi connectivity index (χ2n) is 6.03. The van der Waals surface area contributed by atoms with Crippen LogP contribution in [0, 0.1) is 11.2 Å². The number of halogens is 1. The molecule has 0 saturated carbocycles. The summed E-state index contributed by atoms with van der Waals surface area (Å²) < 4.78 is 13.3. The first-order valence-corrected chi connectivity index (χ1v) is 7.07. The number of rotatable bonds is 2. The Morgan fingerprint density at radius 1 is 1.21 bits per heavy atom. The third-order valence-electron chi connectivity index (χ3n) is 4.53. The number of piperidine rings is 1. The van der Waals surface area contributed by atoms with E-state index in [0.29, 0.717) is 5.41 Å². The zero-order valence-electron chi connectivity index (χ0n) is 11.2. The Morgan fingerprint density at radius 2 is 2.00 bits per heavy atom. The summed E-state index contributed by atoms with van der Waals surface area (Å²) in [6.07, 6.45) is 3.74. The fraction of sp³-hybridized carbons (Fsp3) is 0.600. The molecule has 2 aliphatic heterocycles. The van der Waals surface area contributed by atoms with Crippen LogP contribution in [0.5, 0.6) is 5.75 Å². The molecule has 19 heavy (non-hydrogen) atoms. The number of benzene rings is 1. The van der Waals surface area contributed by atoms with Crippen LogP contribution in [0.1, 0.15) is 24.8 Å². The fourth-order valence-electron chi connectivity index (χ4n) is 3.51. The molecule has 2 saturated heterocycles. The first-order chi connectivity index (χ1) is 9.15. The van der Waals surface area contributed by atoms with Gasteiger partial charge in [-0.2, -0.15) is 0 Å². The van der Waals surface area contributed by atoms with E-state index in [1.165, 1.54) is 25.3 Å². The molecule has 0 aromatic heterocycles. The van der Waals surface area contributed by atoms with Crippen molar-refractivity contribution in [2.75, 3.05) is 26.2 Å². The van der Waals surface area contributed by atoms with E-state index in [9.17, 15) is 9.50 Å². The molecule has 0 unspecified atom stereocenters. The third-order valence-corrected chi connectivity index (χ3v) is 4.53. The van der Waals surface area contributed by atoms with Crippen molar-refractivity contribution in [1.29, 1.82) is 0 Å². The summed E-state index contributed by atoms with van der Waals surface area (Å²) in [6, 6.07) is 4.34. The van der Waals surface area contributed by atoms with E-state index in [1.807, 2.05) is 0 Å². The topological polar surface area (TPSA) is 35.5 Å². The van der Waals surface area contributed by atoms with Gasteiger partial charge in [-0.25, -0.2) is 4.39 Å². The molecule has 0 amide bonds. The molecule has 2 heterocycles. The lowest BCUT2D eigenvalue weighted by Crippen LogP contribution is -2.38. The number of hydrogen-bond acceptors (Lipinski definition) is 3. The Balaban J connectivity index is 1.65. The van der Waals surface area contributed by atoms with Crippen molar-refractivity contribution in [3.05, 3.63) is 29.6 Å². The van der Waals surface area contributed by atoms with E-state index in [1.54, 1.807) is 6.07 Å². The lowest BCUT2D eigenvalue weighted by atomic mass is 9.78. The van der Waals surface area contributed by atoms with Crippen LogP contribution in [0.4, 0.5) is 4.39 Å². The van der Waals surface area contributed by atoms with Crippen molar-refractivity contribution in [3.63, 3.8) is 0 Å². The maximum Gasteiger partial charge on any atom is 0.127 e. The molecule has 2 fully saturated rings. The van der Waals surface area contributed by atoms with Crippen molar-refractivity contribution in [2.45, 2.75) is 25.8 Å². The molecule has 0 atom stereocenters. The van der Waals surface area contributed by atoms with Crippen molar-refractivity contribution in [3.8, 4) is 5.75 Å². The predicted molar refractivity (Wildman–Crippen MR) is 72.5 cm³/mol. The highest BCUT2D eigenvalue weighted by atomic mass is 19.1.